The molecule has 1 spiro atoms. The van der Waals surface area contributed by atoms with Crippen LogP contribution in [0.5, 0.6) is 5.75 Å². The van der Waals surface area contributed by atoms with Crippen molar-refractivity contribution in [2.75, 3.05) is 17.7 Å². The van der Waals surface area contributed by atoms with Crippen molar-refractivity contribution in [2.24, 2.45) is 0 Å². The molecule has 0 saturated heterocycles. The number of H-pyrrole nitrogens is 1. The Kier molecular flexibility index (Phi) is 3.83. The summed E-state index contributed by atoms with van der Waals surface area (Å²) in [6.07, 6.45) is 2.52. The summed E-state index contributed by atoms with van der Waals surface area (Å²) in [6, 6.07) is 12.0. The van der Waals surface area contributed by atoms with Crippen LogP contribution < -0.4 is 15.4 Å². The van der Waals surface area contributed by atoms with Crippen LogP contribution in [0, 0.1) is 13.8 Å². The van der Waals surface area contributed by atoms with Crippen LogP contribution >= 0.6 is 0 Å². The standard InChI is InChI=1S/C24H22N6O2/c1-12-11-25-13(2)21(26-12)28-22-16-6-4-14(8-20(16)29-30-22)18-10-24(18)17-9-15(32-3)5-7-19(17)27-23(24)31/h4-9,11,18H,10H2,1-3H3,(H,27,31)(H2,26,28,29,30)/t18-,24-/m0/s1. The number of hydrogen-bond acceptors (Lipinski definition) is 6. The molecular formula is C24H22N6O2. The monoisotopic (exact) mass is 426 g/mol. The van der Waals surface area contributed by atoms with Gasteiger partial charge in [-0.2, -0.15) is 5.10 Å². The van der Waals surface area contributed by atoms with Gasteiger partial charge in [0, 0.05) is 23.2 Å². The Hall–Kier alpha value is -3.94. The Bertz CT molecular complexity index is 1410. The van der Waals surface area contributed by atoms with Gasteiger partial charge in [-0.3, -0.25) is 14.9 Å². The highest BCUT2D eigenvalue weighted by Crippen LogP contribution is 2.65. The molecule has 4 aromatic rings. The normalized spacial score (nSPS) is 21.0. The van der Waals surface area contributed by atoms with Crippen molar-refractivity contribution >= 4 is 34.1 Å². The number of aryl methyl sites for hydroxylation is 2. The summed E-state index contributed by atoms with van der Waals surface area (Å²) in [6.45, 7) is 3.82. The average molecular weight is 426 g/mol. The molecule has 1 fully saturated rings. The smallest absolute Gasteiger partial charge is 0.235 e. The first-order valence-corrected chi connectivity index (χ1v) is 10.5. The van der Waals surface area contributed by atoms with E-state index >= 15 is 0 Å². The fourth-order valence-corrected chi connectivity index (χ4v) is 4.82. The molecule has 160 valence electrons. The molecule has 2 aromatic carbocycles. The van der Waals surface area contributed by atoms with Crippen LogP contribution in [-0.2, 0) is 10.2 Å². The molecule has 2 aromatic heterocycles. The van der Waals surface area contributed by atoms with E-state index in [9.17, 15) is 4.79 Å². The molecule has 32 heavy (non-hydrogen) atoms. The number of hydrogen-bond donors (Lipinski definition) is 3. The molecule has 1 aliphatic carbocycles. The molecule has 0 bridgehead atoms. The van der Waals surface area contributed by atoms with Crippen molar-refractivity contribution in [2.45, 2.75) is 31.6 Å². The Morgan fingerprint density at radius 2 is 2.03 bits per heavy atom. The summed E-state index contributed by atoms with van der Waals surface area (Å²) in [7, 11) is 1.64. The highest BCUT2D eigenvalue weighted by molar-refractivity contribution is 6.10. The van der Waals surface area contributed by atoms with E-state index in [1.54, 1.807) is 13.3 Å². The minimum absolute atomic E-state index is 0.0614. The zero-order chi connectivity index (χ0) is 22.0. The second-order valence-corrected chi connectivity index (χ2v) is 8.54. The van der Waals surface area contributed by atoms with Gasteiger partial charge >= 0.3 is 0 Å². The number of nitrogens with zero attached hydrogens (tertiary/aromatic N) is 3. The molecule has 2 atom stereocenters. The number of nitrogens with one attached hydrogen (secondary N) is 3. The summed E-state index contributed by atoms with van der Waals surface area (Å²) in [5.41, 5.74) is 5.05. The lowest BCUT2D eigenvalue weighted by Gasteiger charge is -2.10. The molecule has 0 radical (unpaired) electrons. The van der Waals surface area contributed by atoms with Crippen LogP contribution in [0.3, 0.4) is 0 Å². The molecule has 2 aliphatic rings. The van der Waals surface area contributed by atoms with Crippen molar-refractivity contribution in [3.8, 4) is 5.75 Å². The highest BCUT2D eigenvalue weighted by Gasteiger charge is 2.65. The van der Waals surface area contributed by atoms with Crippen LogP contribution in [0.25, 0.3) is 10.9 Å². The number of ether oxygens (including phenoxy) is 1. The number of carbonyl (C=O) groups is 1. The predicted molar refractivity (Wildman–Crippen MR) is 122 cm³/mol. The largest absolute Gasteiger partial charge is 0.497 e. The number of aromatic nitrogens is 4. The Balaban J connectivity index is 1.33. The van der Waals surface area contributed by atoms with Crippen molar-refractivity contribution in [3.63, 3.8) is 0 Å². The molecule has 0 unspecified atom stereocenters. The number of anilines is 3. The summed E-state index contributed by atoms with van der Waals surface area (Å²) >= 11 is 0. The number of amides is 1. The summed E-state index contributed by atoms with van der Waals surface area (Å²) < 4.78 is 5.39. The van der Waals surface area contributed by atoms with E-state index < -0.39 is 5.41 Å². The molecule has 8 nitrogen and oxygen atoms in total. The summed E-state index contributed by atoms with van der Waals surface area (Å²) in [4.78, 5) is 21.8. The van der Waals surface area contributed by atoms with Crippen molar-refractivity contribution in [1.29, 1.82) is 0 Å². The van der Waals surface area contributed by atoms with Gasteiger partial charge < -0.3 is 15.4 Å². The average Bonchev–Trinajstić information content (AvgIpc) is 3.35. The fraction of sp³-hybridized carbons (Fsp3) is 0.250. The molecular weight excluding hydrogens is 404 g/mol. The van der Waals surface area contributed by atoms with Crippen LogP contribution in [0.2, 0.25) is 0 Å². The first-order chi connectivity index (χ1) is 15.5. The van der Waals surface area contributed by atoms with E-state index in [1.165, 1.54) is 0 Å². The fourth-order valence-electron chi connectivity index (χ4n) is 4.82. The lowest BCUT2D eigenvalue weighted by atomic mass is 9.91. The predicted octanol–water partition coefficient (Wildman–Crippen LogP) is 4.10. The Labute approximate surface area is 184 Å². The van der Waals surface area contributed by atoms with E-state index in [-0.39, 0.29) is 11.8 Å². The molecule has 1 aliphatic heterocycles. The van der Waals surface area contributed by atoms with Gasteiger partial charge in [0.25, 0.3) is 0 Å². The van der Waals surface area contributed by atoms with Crippen molar-refractivity contribution in [1.82, 2.24) is 20.2 Å². The first-order valence-electron chi connectivity index (χ1n) is 10.5. The maximum absolute atomic E-state index is 12.9. The van der Waals surface area contributed by atoms with E-state index in [2.05, 4.69) is 42.9 Å². The zero-order valence-electron chi connectivity index (χ0n) is 18.0. The van der Waals surface area contributed by atoms with E-state index in [0.29, 0.717) is 11.6 Å². The quantitative estimate of drug-likeness (QED) is 0.454. The summed E-state index contributed by atoms with van der Waals surface area (Å²) in [5.74, 6) is 2.33. The number of aromatic amines is 1. The third kappa shape index (κ3) is 2.62. The Morgan fingerprint density at radius 1 is 1.16 bits per heavy atom. The molecule has 1 saturated carbocycles. The molecule has 6 rings (SSSR count). The van der Waals surface area contributed by atoms with Gasteiger partial charge in [0.15, 0.2) is 11.6 Å². The lowest BCUT2D eigenvalue weighted by molar-refractivity contribution is -0.118. The van der Waals surface area contributed by atoms with Gasteiger partial charge in [-0.05, 0) is 61.7 Å². The van der Waals surface area contributed by atoms with Crippen LogP contribution in [0.4, 0.5) is 17.3 Å². The van der Waals surface area contributed by atoms with Gasteiger partial charge in [-0.1, -0.05) is 6.07 Å². The van der Waals surface area contributed by atoms with Crippen LogP contribution in [-0.4, -0.2) is 33.2 Å². The van der Waals surface area contributed by atoms with Crippen LogP contribution in [0.1, 0.15) is 34.9 Å². The molecule has 1 amide bonds. The second kappa shape index (κ2) is 6.53. The van der Waals surface area contributed by atoms with Crippen molar-refractivity contribution in [3.05, 3.63) is 65.1 Å². The number of benzene rings is 2. The van der Waals surface area contributed by atoms with Crippen LogP contribution in [0.15, 0.2) is 42.6 Å². The van der Waals surface area contributed by atoms with E-state index in [4.69, 9.17) is 4.74 Å². The summed E-state index contributed by atoms with van der Waals surface area (Å²) in [5, 5.41) is 14.8. The third-order valence-corrected chi connectivity index (χ3v) is 6.62. The van der Waals surface area contributed by atoms with Gasteiger partial charge in [0.05, 0.1) is 29.4 Å². The molecule has 8 heteroatoms. The number of fused-ring (bicyclic) bond motifs is 3. The minimum Gasteiger partial charge on any atom is -0.497 e. The molecule has 3 heterocycles. The molecule has 3 N–H and O–H groups in total. The second-order valence-electron chi connectivity index (χ2n) is 8.54. The van der Waals surface area contributed by atoms with E-state index in [0.717, 1.165) is 51.3 Å². The Morgan fingerprint density at radius 3 is 2.88 bits per heavy atom. The SMILES string of the molecule is COc1ccc2c(c1)[C@]1(C[C@H]1c1ccc3c(Nc4nc(C)cnc4C)n[nH]c3c1)C(=O)N2. The lowest BCUT2D eigenvalue weighted by Crippen LogP contribution is -2.21. The number of methoxy groups -OCH3 is 1. The van der Waals surface area contributed by atoms with E-state index in [1.807, 2.05) is 38.1 Å². The maximum atomic E-state index is 12.9. The number of carbonyl (C=O) groups excluding carboxylic acids is 1. The van der Waals surface area contributed by atoms with Gasteiger partial charge in [-0.15, -0.1) is 0 Å². The van der Waals surface area contributed by atoms with Gasteiger partial charge in [-0.25, -0.2) is 4.98 Å². The topological polar surface area (TPSA) is 105 Å². The zero-order valence-corrected chi connectivity index (χ0v) is 18.0. The maximum Gasteiger partial charge on any atom is 0.235 e. The first kappa shape index (κ1) is 18.8. The number of rotatable bonds is 4. The van der Waals surface area contributed by atoms with Crippen molar-refractivity contribution < 1.29 is 9.53 Å². The highest BCUT2D eigenvalue weighted by atomic mass is 16.5. The third-order valence-electron chi connectivity index (χ3n) is 6.62. The van der Waals surface area contributed by atoms with Gasteiger partial charge in [0.1, 0.15) is 5.75 Å². The van der Waals surface area contributed by atoms with Gasteiger partial charge in [0.2, 0.25) is 5.91 Å². The minimum atomic E-state index is -0.521.